The molecule has 1 amide bonds. The summed E-state index contributed by atoms with van der Waals surface area (Å²) in [7, 11) is 0. The van der Waals surface area contributed by atoms with Gasteiger partial charge in [0.1, 0.15) is 0 Å². The predicted molar refractivity (Wildman–Crippen MR) is 67.2 cm³/mol. The van der Waals surface area contributed by atoms with Crippen LogP contribution in [0.25, 0.3) is 0 Å². The van der Waals surface area contributed by atoms with Crippen LogP contribution in [0.15, 0.2) is 0 Å². The van der Waals surface area contributed by atoms with Gasteiger partial charge in [0.2, 0.25) is 5.91 Å². The van der Waals surface area contributed by atoms with Gasteiger partial charge in [-0.05, 0) is 19.3 Å². The van der Waals surface area contributed by atoms with Crippen LogP contribution >= 0.6 is 0 Å². The molecular weight excluding hydrogens is 200 g/mol. The molecule has 0 aromatic carbocycles. The van der Waals surface area contributed by atoms with Gasteiger partial charge in [0.05, 0.1) is 0 Å². The number of hydrogen-bond acceptors (Lipinski definition) is 2. The molecule has 0 aromatic heterocycles. The number of unbranched alkanes of at least 4 members (excludes halogenated alkanes) is 1. The van der Waals surface area contributed by atoms with Gasteiger partial charge in [-0.1, -0.05) is 32.6 Å². The number of hydrogen-bond donors (Lipinski definition) is 1. The summed E-state index contributed by atoms with van der Waals surface area (Å²) in [6.45, 7) is 3.46. The highest BCUT2D eigenvalue weighted by Crippen LogP contribution is 2.23. The van der Waals surface area contributed by atoms with Crippen molar-refractivity contribution in [2.45, 2.75) is 64.3 Å². The number of nitrogens with two attached hydrogens (primary N) is 1. The maximum atomic E-state index is 12.1. The molecule has 0 atom stereocenters. The first-order chi connectivity index (χ1) is 7.79. The van der Waals surface area contributed by atoms with E-state index in [9.17, 15) is 4.79 Å². The molecule has 1 aliphatic carbocycles. The van der Waals surface area contributed by atoms with Crippen molar-refractivity contribution < 1.29 is 4.79 Å². The molecule has 3 nitrogen and oxygen atoms in total. The summed E-state index contributed by atoms with van der Waals surface area (Å²) in [6, 6.07) is 0.474. The molecule has 0 radical (unpaired) electrons. The Kier molecular flexibility index (Phi) is 6.46. The van der Waals surface area contributed by atoms with Gasteiger partial charge in [0.25, 0.3) is 0 Å². The fraction of sp³-hybridized carbons (Fsp3) is 0.923. The molecule has 0 heterocycles. The summed E-state index contributed by atoms with van der Waals surface area (Å²) in [5.74, 6) is 0.319. The molecule has 1 saturated carbocycles. The second kappa shape index (κ2) is 7.66. The topological polar surface area (TPSA) is 46.3 Å². The number of rotatable bonds is 6. The molecule has 94 valence electrons. The van der Waals surface area contributed by atoms with Crippen LogP contribution in [0.3, 0.4) is 0 Å². The van der Waals surface area contributed by atoms with E-state index in [0.29, 0.717) is 24.9 Å². The van der Waals surface area contributed by atoms with E-state index in [1.807, 2.05) is 0 Å². The van der Waals surface area contributed by atoms with E-state index in [0.717, 1.165) is 19.4 Å². The van der Waals surface area contributed by atoms with Gasteiger partial charge in [-0.2, -0.15) is 0 Å². The zero-order valence-electron chi connectivity index (χ0n) is 10.6. The van der Waals surface area contributed by atoms with Crippen molar-refractivity contribution in [3.8, 4) is 0 Å². The normalized spacial score (nSPS) is 17.4. The Bertz CT molecular complexity index is 200. The van der Waals surface area contributed by atoms with Gasteiger partial charge in [-0.3, -0.25) is 4.79 Å². The predicted octanol–water partition coefficient (Wildman–Crippen LogP) is 2.30. The van der Waals surface area contributed by atoms with E-state index < -0.39 is 0 Å². The van der Waals surface area contributed by atoms with Crippen molar-refractivity contribution in [1.82, 2.24) is 4.90 Å². The first-order valence-electron chi connectivity index (χ1n) is 6.79. The average molecular weight is 226 g/mol. The van der Waals surface area contributed by atoms with Gasteiger partial charge in [-0.25, -0.2) is 0 Å². The number of nitrogens with zero attached hydrogens (tertiary/aromatic N) is 1. The summed E-state index contributed by atoms with van der Waals surface area (Å²) in [5.41, 5.74) is 5.61. The SMILES string of the molecule is CCCCC(=O)N(CCN)C1CCCCC1. The first kappa shape index (κ1) is 13.5. The zero-order valence-corrected chi connectivity index (χ0v) is 10.6. The van der Waals surface area contributed by atoms with Crippen LogP contribution in [0, 0.1) is 0 Å². The lowest BCUT2D eigenvalue weighted by molar-refractivity contribution is -0.134. The van der Waals surface area contributed by atoms with Crippen molar-refractivity contribution in [2.24, 2.45) is 5.73 Å². The van der Waals surface area contributed by atoms with Crippen LogP contribution in [0.4, 0.5) is 0 Å². The fourth-order valence-corrected chi connectivity index (χ4v) is 2.51. The van der Waals surface area contributed by atoms with Crippen LogP contribution < -0.4 is 5.73 Å². The Morgan fingerprint density at radius 2 is 2.00 bits per heavy atom. The Morgan fingerprint density at radius 3 is 2.56 bits per heavy atom. The van der Waals surface area contributed by atoms with Gasteiger partial charge in [0, 0.05) is 25.6 Å². The van der Waals surface area contributed by atoms with Crippen LogP contribution in [-0.4, -0.2) is 29.9 Å². The number of carbonyl (C=O) groups excluding carboxylic acids is 1. The molecule has 1 rings (SSSR count). The molecule has 0 aliphatic heterocycles. The van der Waals surface area contributed by atoms with Crippen LogP contribution in [0.2, 0.25) is 0 Å². The van der Waals surface area contributed by atoms with Crippen molar-refractivity contribution in [2.75, 3.05) is 13.1 Å². The van der Waals surface area contributed by atoms with E-state index in [4.69, 9.17) is 5.73 Å². The van der Waals surface area contributed by atoms with Gasteiger partial charge in [-0.15, -0.1) is 0 Å². The summed E-state index contributed by atoms with van der Waals surface area (Å²) < 4.78 is 0. The third-order valence-electron chi connectivity index (χ3n) is 3.45. The highest BCUT2D eigenvalue weighted by atomic mass is 16.2. The first-order valence-corrected chi connectivity index (χ1v) is 6.79. The standard InChI is InChI=1S/C13H26N2O/c1-2-3-9-13(16)15(11-10-14)12-7-5-4-6-8-12/h12H,2-11,14H2,1H3. The highest BCUT2D eigenvalue weighted by Gasteiger charge is 2.23. The van der Waals surface area contributed by atoms with Crippen LogP contribution in [-0.2, 0) is 4.79 Å². The molecule has 2 N–H and O–H groups in total. The fourth-order valence-electron chi connectivity index (χ4n) is 2.51. The monoisotopic (exact) mass is 226 g/mol. The van der Waals surface area contributed by atoms with Crippen molar-refractivity contribution in [1.29, 1.82) is 0 Å². The van der Waals surface area contributed by atoms with E-state index in [1.165, 1.54) is 32.1 Å². The van der Waals surface area contributed by atoms with Crippen LogP contribution in [0.1, 0.15) is 58.3 Å². The molecular formula is C13H26N2O. The maximum absolute atomic E-state index is 12.1. The molecule has 3 heteroatoms. The molecule has 1 fully saturated rings. The Hall–Kier alpha value is -0.570. The van der Waals surface area contributed by atoms with Gasteiger partial charge >= 0.3 is 0 Å². The van der Waals surface area contributed by atoms with E-state index >= 15 is 0 Å². The quantitative estimate of drug-likeness (QED) is 0.755. The Morgan fingerprint density at radius 1 is 1.31 bits per heavy atom. The molecule has 0 aromatic rings. The molecule has 0 unspecified atom stereocenters. The largest absolute Gasteiger partial charge is 0.338 e. The second-order valence-corrected chi connectivity index (χ2v) is 4.77. The Balaban J connectivity index is 2.47. The van der Waals surface area contributed by atoms with Crippen molar-refractivity contribution in [3.05, 3.63) is 0 Å². The minimum Gasteiger partial charge on any atom is -0.338 e. The second-order valence-electron chi connectivity index (χ2n) is 4.77. The molecule has 0 bridgehead atoms. The summed E-state index contributed by atoms with van der Waals surface area (Å²) >= 11 is 0. The van der Waals surface area contributed by atoms with Gasteiger partial charge in [0.15, 0.2) is 0 Å². The smallest absolute Gasteiger partial charge is 0.222 e. The highest BCUT2D eigenvalue weighted by molar-refractivity contribution is 5.76. The third-order valence-corrected chi connectivity index (χ3v) is 3.45. The van der Waals surface area contributed by atoms with E-state index in [-0.39, 0.29) is 0 Å². The Labute approximate surface area is 99.4 Å². The lowest BCUT2D eigenvalue weighted by atomic mass is 9.94. The van der Waals surface area contributed by atoms with E-state index in [1.54, 1.807) is 0 Å². The number of carbonyl (C=O) groups is 1. The summed E-state index contributed by atoms with van der Waals surface area (Å²) in [4.78, 5) is 14.1. The van der Waals surface area contributed by atoms with Crippen molar-refractivity contribution in [3.63, 3.8) is 0 Å². The lowest BCUT2D eigenvalue weighted by Gasteiger charge is -2.34. The minimum atomic E-state index is 0.319. The molecule has 0 spiro atoms. The molecule has 1 aliphatic rings. The minimum absolute atomic E-state index is 0.319. The number of amides is 1. The summed E-state index contributed by atoms with van der Waals surface area (Å²) in [6.07, 6.45) is 9.03. The lowest BCUT2D eigenvalue weighted by Crippen LogP contribution is -2.44. The zero-order chi connectivity index (χ0) is 11.8. The molecule has 0 saturated heterocycles. The summed E-state index contributed by atoms with van der Waals surface area (Å²) in [5, 5.41) is 0. The van der Waals surface area contributed by atoms with Crippen molar-refractivity contribution >= 4 is 5.91 Å². The third kappa shape index (κ3) is 4.12. The average Bonchev–Trinajstić information content (AvgIpc) is 2.34. The van der Waals surface area contributed by atoms with E-state index in [2.05, 4.69) is 11.8 Å². The van der Waals surface area contributed by atoms with Crippen LogP contribution in [0.5, 0.6) is 0 Å². The molecule has 16 heavy (non-hydrogen) atoms. The van der Waals surface area contributed by atoms with Gasteiger partial charge < -0.3 is 10.6 Å². The maximum Gasteiger partial charge on any atom is 0.222 e.